The number of aliphatic hydroxyl groups excluding tert-OH is 1. The van der Waals surface area contributed by atoms with Crippen molar-refractivity contribution in [3.05, 3.63) is 36.0 Å². The maximum absolute atomic E-state index is 13.3. The summed E-state index contributed by atoms with van der Waals surface area (Å²) in [5.41, 5.74) is 7.62. The van der Waals surface area contributed by atoms with Gasteiger partial charge in [-0.25, -0.2) is 4.79 Å². The van der Waals surface area contributed by atoms with Crippen LogP contribution in [0.25, 0.3) is 10.9 Å². The molecule has 204 valence electrons. The molecule has 0 spiro atoms. The van der Waals surface area contributed by atoms with Gasteiger partial charge in [0.25, 0.3) is 0 Å². The molecule has 2 aromatic rings. The first-order chi connectivity index (χ1) is 17.6. The Morgan fingerprint density at radius 2 is 1.70 bits per heavy atom. The lowest BCUT2D eigenvalue weighted by Gasteiger charge is -2.25. The largest absolute Gasteiger partial charge is 0.480 e. The van der Waals surface area contributed by atoms with Gasteiger partial charge in [0.05, 0.1) is 12.6 Å². The normalized spacial score (nSPS) is 15.3. The number of amides is 3. The number of carbonyl (C=O) groups is 4. The number of benzene rings is 1. The van der Waals surface area contributed by atoms with Crippen molar-refractivity contribution in [2.24, 2.45) is 11.7 Å². The minimum absolute atomic E-state index is 0.0984. The smallest absolute Gasteiger partial charge is 0.326 e. The number of hydrogen-bond acceptors (Lipinski definition) is 7. The van der Waals surface area contributed by atoms with Crippen LogP contribution in [-0.4, -0.2) is 81.7 Å². The number of carboxylic acid groups (broad SMARTS) is 1. The van der Waals surface area contributed by atoms with Crippen molar-refractivity contribution in [2.75, 3.05) is 18.6 Å². The summed E-state index contributed by atoms with van der Waals surface area (Å²) in [6.07, 6.45) is 4.66. The van der Waals surface area contributed by atoms with Crippen LogP contribution < -0.4 is 21.7 Å². The lowest BCUT2D eigenvalue weighted by Crippen LogP contribution is -2.59. The van der Waals surface area contributed by atoms with Crippen molar-refractivity contribution in [2.45, 2.75) is 57.3 Å². The van der Waals surface area contributed by atoms with Gasteiger partial charge in [0.15, 0.2) is 0 Å². The van der Waals surface area contributed by atoms with Gasteiger partial charge in [-0.2, -0.15) is 11.8 Å². The van der Waals surface area contributed by atoms with Crippen molar-refractivity contribution in [1.29, 1.82) is 0 Å². The lowest BCUT2D eigenvalue weighted by atomic mass is 9.99. The average Bonchev–Trinajstić information content (AvgIpc) is 3.30. The monoisotopic (exact) mass is 535 g/mol. The Morgan fingerprint density at radius 1 is 1.05 bits per heavy atom. The van der Waals surface area contributed by atoms with Crippen molar-refractivity contribution in [1.82, 2.24) is 20.9 Å². The third-order valence-corrected chi connectivity index (χ3v) is 6.94. The van der Waals surface area contributed by atoms with Gasteiger partial charge in [-0.05, 0) is 36.0 Å². The Hall–Kier alpha value is -3.09. The third kappa shape index (κ3) is 8.48. The fourth-order valence-corrected chi connectivity index (χ4v) is 4.28. The van der Waals surface area contributed by atoms with Crippen LogP contribution in [0.15, 0.2) is 30.5 Å². The van der Waals surface area contributed by atoms with Crippen molar-refractivity contribution in [3.63, 3.8) is 0 Å². The molecule has 2 rings (SSSR count). The van der Waals surface area contributed by atoms with Crippen molar-refractivity contribution in [3.8, 4) is 0 Å². The number of carbonyl (C=O) groups excluding carboxylic acids is 3. The van der Waals surface area contributed by atoms with E-state index in [0.29, 0.717) is 18.6 Å². The predicted molar refractivity (Wildman–Crippen MR) is 143 cm³/mol. The molecule has 0 saturated heterocycles. The maximum Gasteiger partial charge on any atom is 0.326 e. The second-order valence-electron chi connectivity index (χ2n) is 8.97. The van der Waals surface area contributed by atoms with E-state index in [1.807, 2.05) is 30.5 Å². The fourth-order valence-electron chi connectivity index (χ4n) is 3.79. The molecule has 0 aliphatic carbocycles. The summed E-state index contributed by atoms with van der Waals surface area (Å²) in [4.78, 5) is 53.5. The summed E-state index contributed by atoms with van der Waals surface area (Å²) < 4.78 is 0. The van der Waals surface area contributed by atoms with Gasteiger partial charge < -0.3 is 36.9 Å². The number of carboxylic acids is 1. The van der Waals surface area contributed by atoms with E-state index in [1.165, 1.54) is 0 Å². The molecule has 0 fully saturated rings. The molecular formula is C25H37N5O6S. The van der Waals surface area contributed by atoms with Crippen LogP contribution in [0.2, 0.25) is 0 Å². The van der Waals surface area contributed by atoms with Gasteiger partial charge in [-0.15, -0.1) is 0 Å². The first-order valence-electron chi connectivity index (χ1n) is 12.2. The summed E-state index contributed by atoms with van der Waals surface area (Å²) >= 11 is 1.55. The van der Waals surface area contributed by atoms with E-state index in [9.17, 15) is 29.4 Å². The Labute approximate surface area is 220 Å². The molecule has 5 atom stereocenters. The topological polar surface area (TPSA) is 187 Å². The highest BCUT2D eigenvalue weighted by atomic mass is 32.2. The first kappa shape index (κ1) is 30.1. The van der Waals surface area contributed by atoms with Crippen LogP contribution in [0.1, 0.15) is 32.3 Å². The predicted octanol–water partition coefficient (Wildman–Crippen LogP) is 0.368. The summed E-state index contributed by atoms with van der Waals surface area (Å²) in [5, 5.41) is 27.7. The van der Waals surface area contributed by atoms with Gasteiger partial charge in [-0.3, -0.25) is 14.4 Å². The highest BCUT2D eigenvalue weighted by Crippen LogP contribution is 2.19. The Bertz CT molecular complexity index is 1080. The van der Waals surface area contributed by atoms with Gasteiger partial charge in [0, 0.05) is 23.5 Å². The number of rotatable bonds is 15. The number of para-hydroxylation sites is 1. The molecule has 0 aliphatic heterocycles. The maximum atomic E-state index is 13.3. The highest BCUT2D eigenvalue weighted by Gasteiger charge is 2.32. The number of nitrogens with one attached hydrogen (secondary N) is 4. The summed E-state index contributed by atoms with van der Waals surface area (Å²) in [6, 6.07) is 2.97. The molecule has 1 aromatic heterocycles. The average molecular weight is 536 g/mol. The second-order valence-corrected chi connectivity index (χ2v) is 9.95. The molecule has 1 heterocycles. The van der Waals surface area contributed by atoms with E-state index < -0.39 is 54.5 Å². The lowest BCUT2D eigenvalue weighted by molar-refractivity contribution is -0.144. The molecule has 8 N–H and O–H groups in total. The number of aromatic amines is 1. The van der Waals surface area contributed by atoms with Gasteiger partial charge in [0.2, 0.25) is 17.7 Å². The third-order valence-electron chi connectivity index (χ3n) is 6.29. The van der Waals surface area contributed by atoms with Gasteiger partial charge in [-0.1, -0.05) is 38.5 Å². The number of nitrogens with two attached hydrogens (primary N) is 1. The van der Waals surface area contributed by atoms with Crippen LogP contribution in [0.3, 0.4) is 0 Å². The summed E-state index contributed by atoms with van der Waals surface area (Å²) in [6.45, 7) is 2.71. The number of hydrogen-bond donors (Lipinski definition) is 7. The second kappa shape index (κ2) is 14.6. The number of aromatic nitrogens is 1. The zero-order valence-corrected chi connectivity index (χ0v) is 22.1. The molecule has 0 bridgehead atoms. The van der Waals surface area contributed by atoms with E-state index in [1.54, 1.807) is 31.8 Å². The molecule has 12 heteroatoms. The Balaban J connectivity index is 2.23. The fraction of sp³-hybridized carbons (Fsp3) is 0.520. The number of aliphatic hydroxyl groups is 1. The van der Waals surface area contributed by atoms with E-state index in [0.717, 1.165) is 16.5 Å². The molecule has 0 radical (unpaired) electrons. The molecule has 1 aromatic carbocycles. The first-order valence-corrected chi connectivity index (χ1v) is 13.6. The van der Waals surface area contributed by atoms with Crippen LogP contribution in [0.5, 0.6) is 0 Å². The van der Waals surface area contributed by atoms with Crippen LogP contribution in [-0.2, 0) is 25.6 Å². The number of H-pyrrole nitrogens is 1. The van der Waals surface area contributed by atoms with Crippen LogP contribution >= 0.6 is 11.8 Å². The molecule has 5 unspecified atom stereocenters. The van der Waals surface area contributed by atoms with E-state index in [-0.39, 0.29) is 12.3 Å². The van der Waals surface area contributed by atoms with Crippen molar-refractivity contribution >= 4 is 46.4 Å². The standard InChI is InChI=1S/C25H37N5O6S/c1-4-14(2)21(25(35)36)30-24(34)20(13-31)29-23(33)19(28-22(32)17(26)9-10-37-3)11-15-12-27-18-8-6-5-7-16(15)18/h5-8,12,14,17,19-21,27,31H,4,9-11,13,26H2,1-3H3,(H,28,32)(H,29,33)(H,30,34)(H,35,36). The summed E-state index contributed by atoms with van der Waals surface area (Å²) in [7, 11) is 0. The number of thioether (sulfide) groups is 1. The highest BCUT2D eigenvalue weighted by molar-refractivity contribution is 7.98. The Morgan fingerprint density at radius 3 is 2.32 bits per heavy atom. The number of fused-ring (bicyclic) bond motifs is 1. The minimum atomic E-state index is -1.41. The molecule has 11 nitrogen and oxygen atoms in total. The molecule has 0 aliphatic rings. The molecule has 0 saturated carbocycles. The van der Waals surface area contributed by atoms with E-state index in [4.69, 9.17) is 5.73 Å². The molecule has 37 heavy (non-hydrogen) atoms. The zero-order valence-electron chi connectivity index (χ0n) is 21.3. The Kier molecular flexibility index (Phi) is 11.9. The van der Waals surface area contributed by atoms with E-state index >= 15 is 0 Å². The quantitative estimate of drug-likeness (QED) is 0.170. The number of aliphatic carboxylic acids is 1. The SMILES string of the molecule is CCC(C)C(NC(=O)C(CO)NC(=O)C(Cc1c[nH]c2ccccc12)NC(=O)C(N)CCSC)C(=O)O. The minimum Gasteiger partial charge on any atom is -0.480 e. The summed E-state index contributed by atoms with van der Waals surface area (Å²) in [5.74, 6) is -2.97. The van der Waals surface area contributed by atoms with E-state index in [2.05, 4.69) is 20.9 Å². The van der Waals surface area contributed by atoms with Gasteiger partial charge in [0.1, 0.15) is 18.1 Å². The van der Waals surface area contributed by atoms with Crippen molar-refractivity contribution < 1.29 is 29.4 Å². The zero-order chi connectivity index (χ0) is 27.5. The van der Waals surface area contributed by atoms with Gasteiger partial charge >= 0.3 is 5.97 Å². The molecular weight excluding hydrogens is 498 g/mol. The van der Waals surface area contributed by atoms with Crippen LogP contribution in [0.4, 0.5) is 0 Å². The molecule has 3 amide bonds. The van der Waals surface area contributed by atoms with Crippen LogP contribution in [0, 0.1) is 5.92 Å².